The van der Waals surface area contributed by atoms with Gasteiger partial charge in [-0.3, -0.25) is 14.5 Å². The van der Waals surface area contributed by atoms with Crippen molar-refractivity contribution in [1.82, 2.24) is 9.80 Å². The molecule has 0 unspecified atom stereocenters. The van der Waals surface area contributed by atoms with Crippen LogP contribution in [0.2, 0.25) is 0 Å². The van der Waals surface area contributed by atoms with Crippen LogP contribution in [-0.2, 0) is 16.1 Å². The summed E-state index contributed by atoms with van der Waals surface area (Å²) >= 11 is 0. The molecule has 144 valence electrons. The summed E-state index contributed by atoms with van der Waals surface area (Å²) in [6, 6.07) is 16.0. The summed E-state index contributed by atoms with van der Waals surface area (Å²) in [6.07, 6.45) is 1.59. The minimum atomic E-state index is -0.252. The Hall–Kier alpha value is -3.14. The number of carbonyl (C=O) groups excluding carboxylic acids is 2. The Bertz CT molecular complexity index is 944. The van der Waals surface area contributed by atoms with Crippen molar-refractivity contribution in [2.45, 2.75) is 27.3 Å². The van der Waals surface area contributed by atoms with Gasteiger partial charge in [-0.2, -0.15) is 0 Å². The third kappa shape index (κ3) is 3.63. The van der Waals surface area contributed by atoms with Crippen LogP contribution < -0.4 is 0 Å². The molecule has 4 nitrogen and oxygen atoms in total. The molecule has 2 aromatic rings. The Morgan fingerprint density at radius 2 is 1.75 bits per heavy atom. The monoisotopic (exact) mass is 374 g/mol. The van der Waals surface area contributed by atoms with Gasteiger partial charge in [0.05, 0.1) is 5.57 Å². The predicted octanol–water partition coefficient (Wildman–Crippen LogP) is 4.09. The molecule has 2 amide bonds. The maximum atomic E-state index is 13.2. The highest BCUT2D eigenvalue weighted by molar-refractivity contribution is 6.35. The van der Waals surface area contributed by atoms with Crippen LogP contribution in [0.25, 0.3) is 5.57 Å². The van der Waals surface area contributed by atoms with E-state index in [1.165, 1.54) is 4.90 Å². The number of carbonyl (C=O) groups is 2. The van der Waals surface area contributed by atoms with Gasteiger partial charge in [-0.25, -0.2) is 0 Å². The van der Waals surface area contributed by atoms with E-state index in [2.05, 4.69) is 6.58 Å². The molecule has 0 aliphatic carbocycles. The molecule has 0 aromatic heterocycles. The lowest BCUT2D eigenvalue weighted by molar-refractivity contribution is -0.136. The highest BCUT2D eigenvalue weighted by atomic mass is 16.2. The zero-order valence-corrected chi connectivity index (χ0v) is 16.7. The SMILES string of the molecule is C=CCN1C(=O)C(c2ccc(C)cc2C)=C(N(CC)Cc2ccccc2)C1=O. The van der Waals surface area contributed by atoms with E-state index in [0.29, 0.717) is 24.4 Å². The van der Waals surface area contributed by atoms with Crippen LogP contribution in [0, 0.1) is 13.8 Å². The predicted molar refractivity (Wildman–Crippen MR) is 112 cm³/mol. The summed E-state index contributed by atoms with van der Waals surface area (Å²) in [6.45, 7) is 11.1. The van der Waals surface area contributed by atoms with E-state index in [1.54, 1.807) is 6.08 Å². The normalized spacial score (nSPS) is 14.0. The van der Waals surface area contributed by atoms with Gasteiger partial charge >= 0.3 is 0 Å². The molecule has 2 aromatic carbocycles. The molecular formula is C24H26N2O2. The quantitative estimate of drug-likeness (QED) is 0.541. The lowest BCUT2D eigenvalue weighted by Crippen LogP contribution is -2.35. The van der Waals surface area contributed by atoms with Crippen molar-refractivity contribution >= 4 is 17.4 Å². The minimum Gasteiger partial charge on any atom is -0.362 e. The van der Waals surface area contributed by atoms with Crippen molar-refractivity contribution in [3.05, 3.63) is 89.1 Å². The third-order valence-corrected chi connectivity index (χ3v) is 5.02. The van der Waals surface area contributed by atoms with E-state index < -0.39 is 0 Å². The molecule has 0 N–H and O–H groups in total. The van der Waals surface area contributed by atoms with Gasteiger partial charge < -0.3 is 4.90 Å². The maximum absolute atomic E-state index is 13.2. The number of hydrogen-bond acceptors (Lipinski definition) is 3. The third-order valence-electron chi connectivity index (χ3n) is 5.02. The number of nitrogens with zero attached hydrogens (tertiary/aromatic N) is 2. The molecule has 1 aliphatic rings. The molecule has 0 spiro atoms. The maximum Gasteiger partial charge on any atom is 0.278 e. The van der Waals surface area contributed by atoms with Gasteiger partial charge in [0.2, 0.25) is 0 Å². The fourth-order valence-corrected chi connectivity index (χ4v) is 3.64. The van der Waals surface area contributed by atoms with E-state index >= 15 is 0 Å². The van der Waals surface area contributed by atoms with Crippen molar-refractivity contribution in [2.24, 2.45) is 0 Å². The molecular weight excluding hydrogens is 348 g/mol. The lowest BCUT2D eigenvalue weighted by atomic mass is 9.97. The molecule has 0 atom stereocenters. The molecule has 0 bridgehead atoms. The zero-order valence-electron chi connectivity index (χ0n) is 16.7. The number of likely N-dealkylation sites (N-methyl/N-ethyl adjacent to an activating group) is 1. The first kappa shape index (κ1) is 19.6. The summed E-state index contributed by atoms with van der Waals surface area (Å²) in [5.74, 6) is -0.504. The fourth-order valence-electron chi connectivity index (χ4n) is 3.64. The first-order valence-corrected chi connectivity index (χ1v) is 9.55. The number of aryl methyl sites for hydroxylation is 2. The van der Waals surface area contributed by atoms with Crippen LogP contribution in [0.5, 0.6) is 0 Å². The van der Waals surface area contributed by atoms with E-state index in [0.717, 1.165) is 22.3 Å². The van der Waals surface area contributed by atoms with Crippen molar-refractivity contribution in [1.29, 1.82) is 0 Å². The molecule has 0 fully saturated rings. The average Bonchev–Trinajstić information content (AvgIpc) is 2.92. The number of hydrogen-bond donors (Lipinski definition) is 0. The van der Waals surface area contributed by atoms with E-state index in [1.807, 2.05) is 74.2 Å². The molecule has 1 aliphatic heterocycles. The summed E-state index contributed by atoms with van der Waals surface area (Å²) in [7, 11) is 0. The smallest absolute Gasteiger partial charge is 0.278 e. The van der Waals surface area contributed by atoms with Gasteiger partial charge in [0.1, 0.15) is 5.70 Å². The molecule has 0 saturated carbocycles. The zero-order chi connectivity index (χ0) is 20.3. The molecule has 4 heteroatoms. The summed E-state index contributed by atoms with van der Waals surface area (Å²) in [4.78, 5) is 29.7. The molecule has 0 saturated heterocycles. The Balaban J connectivity index is 2.14. The Morgan fingerprint density at radius 3 is 2.36 bits per heavy atom. The van der Waals surface area contributed by atoms with Crippen molar-refractivity contribution < 1.29 is 9.59 Å². The Morgan fingerprint density at radius 1 is 1.04 bits per heavy atom. The highest BCUT2D eigenvalue weighted by Crippen LogP contribution is 2.34. The topological polar surface area (TPSA) is 40.6 Å². The van der Waals surface area contributed by atoms with E-state index in [-0.39, 0.29) is 18.4 Å². The summed E-state index contributed by atoms with van der Waals surface area (Å²) in [5, 5.41) is 0. The highest BCUT2D eigenvalue weighted by Gasteiger charge is 2.41. The lowest BCUT2D eigenvalue weighted by Gasteiger charge is -2.25. The Labute approximate surface area is 166 Å². The Kier molecular flexibility index (Phi) is 5.78. The number of rotatable bonds is 7. The first-order chi connectivity index (χ1) is 13.5. The first-order valence-electron chi connectivity index (χ1n) is 9.55. The fraction of sp³-hybridized carbons (Fsp3) is 0.250. The van der Waals surface area contributed by atoms with Crippen LogP contribution in [-0.4, -0.2) is 34.7 Å². The van der Waals surface area contributed by atoms with Crippen molar-refractivity contribution in [3.8, 4) is 0 Å². The second-order valence-electron chi connectivity index (χ2n) is 7.05. The number of imide groups is 1. The second kappa shape index (κ2) is 8.26. The number of amides is 2. The van der Waals surface area contributed by atoms with Gasteiger partial charge in [-0.05, 0) is 37.5 Å². The molecule has 0 radical (unpaired) electrons. The van der Waals surface area contributed by atoms with Crippen molar-refractivity contribution in [2.75, 3.05) is 13.1 Å². The van der Waals surface area contributed by atoms with Gasteiger partial charge in [0.15, 0.2) is 0 Å². The molecule has 28 heavy (non-hydrogen) atoms. The van der Waals surface area contributed by atoms with Gasteiger partial charge in [0, 0.05) is 19.6 Å². The van der Waals surface area contributed by atoms with E-state index in [4.69, 9.17) is 0 Å². The summed E-state index contributed by atoms with van der Waals surface area (Å²) in [5.41, 5.74) is 4.99. The van der Waals surface area contributed by atoms with Crippen LogP contribution in [0.4, 0.5) is 0 Å². The van der Waals surface area contributed by atoms with Crippen LogP contribution in [0.1, 0.15) is 29.2 Å². The largest absolute Gasteiger partial charge is 0.362 e. The number of benzene rings is 2. The second-order valence-corrected chi connectivity index (χ2v) is 7.05. The van der Waals surface area contributed by atoms with Gasteiger partial charge in [-0.15, -0.1) is 6.58 Å². The van der Waals surface area contributed by atoms with Crippen LogP contribution in [0.3, 0.4) is 0 Å². The molecule has 1 heterocycles. The van der Waals surface area contributed by atoms with E-state index in [9.17, 15) is 9.59 Å². The van der Waals surface area contributed by atoms with Crippen LogP contribution >= 0.6 is 0 Å². The average molecular weight is 374 g/mol. The minimum absolute atomic E-state index is 0.207. The standard InChI is InChI=1S/C24H26N2O2/c1-5-14-26-23(27)21(20-13-12-17(3)15-18(20)4)22(24(26)28)25(6-2)16-19-10-8-7-9-11-19/h5,7-13,15H,1,6,14,16H2,2-4H3. The van der Waals surface area contributed by atoms with Crippen molar-refractivity contribution in [3.63, 3.8) is 0 Å². The van der Waals surface area contributed by atoms with Gasteiger partial charge in [0.25, 0.3) is 11.8 Å². The molecule has 3 rings (SSSR count). The van der Waals surface area contributed by atoms with Crippen LogP contribution in [0.15, 0.2) is 66.9 Å². The summed E-state index contributed by atoms with van der Waals surface area (Å²) < 4.78 is 0. The van der Waals surface area contributed by atoms with Gasteiger partial charge in [-0.1, -0.05) is 60.2 Å².